The summed E-state index contributed by atoms with van der Waals surface area (Å²) in [7, 11) is 1.89. The number of carbonyl (C=O) groups is 2. The molecule has 1 aliphatic rings. The van der Waals surface area contributed by atoms with E-state index in [0.717, 1.165) is 17.1 Å². The van der Waals surface area contributed by atoms with Gasteiger partial charge in [-0.2, -0.15) is 4.37 Å². The van der Waals surface area contributed by atoms with Crippen molar-refractivity contribution in [3.8, 4) is 0 Å². The lowest BCUT2D eigenvalue weighted by Gasteiger charge is -2.26. The van der Waals surface area contributed by atoms with Crippen LogP contribution in [0.2, 0.25) is 0 Å². The summed E-state index contributed by atoms with van der Waals surface area (Å²) < 4.78 is 4.20. The smallest absolute Gasteiger partial charge is 0.271 e. The van der Waals surface area contributed by atoms with Gasteiger partial charge in [0.1, 0.15) is 10.8 Å². The number of nitrogens with one attached hydrogen (secondary N) is 1. The minimum atomic E-state index is -0.663. The molecule has 3 heterocycles. The Morgan fingerprint density at radius 2 is 2.30 bits per heavy atom. The lowest BCUT2D eigenvalue weighted by Crippen LogP contribution is -2.36. The number of nitrogens with zero attached hydrogens (tertiary/aromatic N) is 5. The molecule has 27 heavy (non-hydrogen) atoms. The van der Waals surface area contributed by atoms with Crippen LogP contribution in [0, 0.1) is 6.92 Å². The number of amides is 2. The number of anilines is 3. The molecule has 0 spiro atoms. The predicted molar refractivity (Wildman–Crippen MR) is 104 cm³/mol. The monoisotopic (exact) mass is 387 g/mol. The molecule has 10 heteroatoms. The van der Waals surface area contributed by atoms with E-state index in [1.807, 2.05) is 24.9 Å². The molecular weight excluding hydrogens is 366 g/mol. The fourth-order valence-corrected chi connectivity index (χ4v) is 3.59. The van der Waals surface area contributed by atoms with Crippen molar-refractivity contribution in [2.24, 2.45) is 5.73 Å². The number of hydrogen-bond donors (Lipinski definition) is 2. The van der Waals surface area contributed by atoms with Gasteiger partial charge < -0.3 is 20.9 Å². The van der Waals surface area contributed by atoms with Gasteiger partial charge in [-0.25, -0.2) is 9.97 Å². The number of aryl methyl sites for hydroxylation is 1. The van der Waals surface area contributed by atoms with E-state index in [1.54, 1.807) is 4.90 Å². The minimum Gasteiger partial charge on any atom is -0.364 e. The summed E-state index contributed by atoms with van der Waals surface area (Å²) in [6, 6.07) is 1.95. The van der Waals surface area contributed by atoms with Crippen molar-refractivity contribution in [3.05, 3.63) is 36.3 Å². The van der Waals surface area contributed by atoms with Crippen LogP contribution in [0.4, 0.5) is 16.6 Å². The number of carbonyl (C=O) groups excluding carboxylic acids is 2. The Balaban J connectivity index is 1.83. The Kier molecular flexibility index (Phi) is 5.36. The van der Waals surface area contributed by atoms with Crippen LogP contribution in [0.5, 0.6) is 0 Å². The first kappa shape index (κ1) is 18.8. The van der Waals surface area contributed by atoms with Crippen molar-refractivity contribution in [1.29, 1.82) is 0 Å². The van der Waals surface area contributed by atoms with Crippen molar-refractivity contribution in [1.82, 2.24) is 19.2 Å². The Labute approximate surface area is 161 Å². The molecule has 1 saturated heterocycles. The topological polar surface area (TPSA) is 117 Å². The highest BCUT2D eigenvalue weighted by Crippen LogP contribution is 2.26. The van der Waals surface area contributed by atoms with Crippen molar-refractivity contribution in [3.63, 3.8) is 0 Å². The maximum absolute atomic E-state index is 11.8. The number of primary amides is 1. The minimum absolute atomic E-state index is 0.0630. The first-order valence-corrected chi connectivity index (χ1v) is 9.17. The van der Waals surface area contributed by atoms with Crippen molar-refractivity contribution in [2.45, 2.75) is 19.4 Å². The van der Waals surface area contributed by atoms with Gasteiger partial charge in [0.25, 0.3) is 5.91 Å². The summed E-state index contributed by atoms with van der Waals surface area (Å²) in [6.07, 6.45) is 3.65. The van der Waals surface area contributed by atoms with Gasteiger partial charge in [-0.15, -0.1) is 0 Å². The first-order chi connectivity index (χ1) is 12.9. The quantitative estimate of drug-likeness (QED) is 0.718. The van der Waals surface area contributed by atoms with Crippen LogP contribution in [-0.4, -0.2) is 57.2 Å². The molecule has 3 rings (SSSR count). The summed E-state index contributed by atoms with van der Waals surface area (Å²) in [5, 5.41) is 3.82. The Hall–Kier alpha value is -3.01. The van der Waals surface area contributed by atoms with E-state index in [1.165, 1.54) is 23.8 Å². The highest BCUT2D eigenvalue weighted by Gasteiger charge is 2.29. The Morgan fingerprint density at radius 1 is 1.52 bits per heavy atom. The van der Waals surface area contributed by atoms with Crippen molar-refractivity contribution >= 4 is 40.0 Å². The predicted octanol–water partition coefficient (Wildman–Crippen LogP) is 1.31. The molecular formula is C17H21N7O2S. The van der Waals surface area contributed by atoms with E-state index in [-0.39, 0.29) is 23.5 Å². The molecule has 0 radical (unpaired) electrons. The van der Waals surface area contributed by atoms with Crippen molar-refractivity contribution in [2.75, 3.05) is 30.4 Å². The van der Waals surface area contributed by atoms with Gasteiger partial charge in [-0.1, -0.05) is 6.58 Å². The number of hydrogen-bond acceptors (Lipinski definition) is 8. The van der Waals surface area contributed by atoms with Gasteiger partial charge in [-0.3, -0.25) is 9.59 Å². The molecule has 142 valence electrons. The number of rotatable bonds is 6. The second-order valence-corrected chi connectivity index (χ2v) is 7.09. The summed E-state index contributed by atoms with van der Waals surface area (Å²) in [6.45, 7) is 6.65. The van der Waals surface area contributed by atoms with Crippen LogP contribution in [0.15, 0.2) is 24.9 Å². The van der Waals surface area contributed by atoms with Gasteiger partial charge >= 0.3 is 0 Å². The third kappa shape index (κ3) is 4.05. The number of nitrogens with two attached hydrogens (primary N) is 1. The highest BCUT2D eigenvalue weighted by molar-refractivity contribution is 7.10. The maximum atomic E-state index is 11.8. The molecule has 1 atom stereocenters. The van der Waals surface area contributed by atoms with E-state index in [4.69, 9.17) is 5.73 Å². The SMILES string of the molecule is C=CC(=O)N1CC[C@@H](N(C)c2cnc(C(N)=O)c(Nc3cc(C)ns3)n2)C1. The average molecular weight is 387 g/mol. The van der Waals surface area contributed by atoms with Crippen LogP contribution in [-0.2, 0) is 4.79 Å². The molecule has 0 aromatic carbocycles. The lowest BCUT2D eigenvalue weighted by atomic mass is 10.2. The van der Waals surface area contributed by atoms with E-state index in [2.05, 4.69) is 26.2 Å². The first-order valence-electron chi connectivity index (χ1n) is 8.40. The molecule has 9 nitrogen and oxygen atoms in total. The average Bonchev–Trinajstić information content (AvgIpc) is 3.29. The van der Waals surface area contributed by atoms with Gasteiger partial charge in [0, 0.05) is 26.2 Å². The molecule has 1 aliphatic heterocycles. The van der Waals surface area contributed by atoms with E-state index in [9.17, 15) is 9.59 Å². The van der Waals surface area contributed by atoms with Crippen LogP contribution < -0.4 is 16.0 Å². The molecule has 2 aromatic rings. The fourth-order valence-electron chi connectivity index (χ4n) is 2.93. The largest absolute Gasteiger partial charge is 0.364 e. The zero-order valence-electron chi connectivity index (χ0n) is 15.2. The van der Waals surface area contributed by atoms with Gasteiger partial charge in [-0.05, 0) is 37.0 Å². The molecule has 3 N–H and O–H groups in total. The summed E-state index contributed by atoms with van der Waals surface area (Å²) in [4.78, 5) is 35.9. The third-order valence-corrected chi connectivity index (χ3v) is 5.22. The maximum Gasteiger partial charge on any atom is 0.271 e. The zero-order chi connectivity index (χ0) is 19.6. The van der Waals surface area contributed by atoms with Gasteiger partial charge in [0.2, 0.25) is 5.91 Å². The van der Waals surface area contributed by atoms with Crippen LogP contribution in [0.25, 0.3) is 0 Å². The van der Waals surface area contributed by atoms with Crippen LogP contribution >= 0.6 is 11.5 Å². The second kappa shape index (κ2) is 7.70. The van der Waals surface area contributed by atoms with Gasteiger partial charge in [0.15, 0.2) is 11.5 Å². The lowest BCUT2D eigenvalue weighted by molar-refractivity contribution is -0.125. The van der Waals surface area contributed by atoms with Crippen LogP contribution in [0.3, 0.4) is 0 Å². The second-order valence-electron chi connectivity index (χ2n) is 6.29. The van der Waals surface area contributed by atoms with E-state index < -0.39 is 5.91 Å². The van der Waals surface area contributed by atoms with Crippen LogP contribution in [0.1, 0.15) is 22.6 Å². The Morgan fingerprint density at radius 3 is 2.93 bits per heavy atom. The van der Waals surface area contributed by atoms with Gasteiger partial charge in [0.05, 0.1) is 11.9 Å². The molecule has 1 fully saturated rings. The zero-order valence-corrected chi connectivity index (χ0v) is 16.0. The molecule has 2 amide bonds. The Bertz CT molecular complexity index is 882. The highest BCUT2D eigenvalue weighted by atomic mass is 32.1. The standard InChI is InChI=1S/C17H21N7O2S/c1-4-14(25)24-6-5-11(9-24)23(3)12-8-19-15(16(18)26)17(20-12)21-13-7-10(2)22-27-13/h4,7-8,11H,1,5-6,9H2,2-3H3,(H2,18,26)(H,20,21)/t11-/m1/s1. The van der Waals surface area contributed by atoms with Crippen molar-refractivity contribution < 1.29 is 9.59 Å². The normalized spacial score (nSPS) is 16.2. The third-order valence-electron chi connectivity index (χ3n) is 4.42. The molecule has 0 bridgehead atoms. The molecule has 0 saturated carbocycles. The summed E-state index contributed by atoms with van der Waals surface area (Å²) in [5.41, 5.74) is 6.35. The van der Waals surface area contributed by atoms with E-state index >= 15 is 0 Å². The molecule has 2 aromatic heterocycles. The summed E-state index contributed by atoms with van der Waals surface area (Å²) >= 11 is 1.26. The van der Waals surface area contributed by atoms with E-state index in [0.29, 0.717) is 18.9 Å². The summed E-state index contributed by atoms with van der Waals surface area (Å²) in [5.74, 6) is 0.127. The fraction of sp³-hybridized carbons (Fsp3) is 0.353. The number of likely N-dealkylation sites (N-methyl/N-ethyl adjacent to an activating group) is 1. The number of likely N-dealkylation sites (tertiary alicyclic amines) is 1. The molecule has 0 aliphatic carbocycles. The molecule has 0 unspecified atom stereocenters. The number of aromatic nitrogens is 3.